The van der Waals surface area contributed by atoms with Crippen LogP contribution in [0.3, 0.4) is 0 Å². The number of anilines is 1. The molecule has 0 aliphatic heterocycles. The van der Waals surface area contributed by atoms with Crippen LogP contribution >= 0.6 is 0 Å². The highest BCUT2D eigenvalue weighted by molar-refractivity contribution is 7.95. The van der Waals surface area contributed by atoms with Crippen molar-refractivity contribution in [2.75, 3.05) is 5.73 Å². The number of benzene rings is 1. The third-order valence-corrected chi connectivity index (χ3v) is 3.26. The standard InChI is InChI=1S/C11H14N2O4S/c1-3-8(12)10-7(6(2)18(15,16)17)4-5-9(13)11(10)14/h3-5,14H,2,12-13H2,1H3,(H,15,16,17)/b8-3+. The minimum Gasteiger partial charge on any atom is -0.505 e. The molecule has 0 saturated heterocycles. The zero-order valence-electron chi connectivity index (χ0n) is 9.71. The largest absolute Gasteiger partial charge is 0.505 e. The van der Waals surface area contributed by atoms with Crippen molar-refractivity contribution < 1.29 is 18.1 Å². The van der Waals surface area contributed by atoms with Crippen LogP contribution in [0.1, 0.15) is 18.1 Å². The summed E-state index contributed by atoms with van der Waals surface area (Å²) in [5, 5.41) is 9.83. The van der Waals surface area contributed by atoms with Gasteiger partial charge in [0.15, 0.2) is 0 Å². The summed E-state index contributed by atoms with van der Waals surface area (Å²) in [5.41, 5.74) is 11.4. The average Bonchev–Trinajstić information content (AvgIpc) is 2.29. The Kier molecular flexibility index (Phi) is 3.68. The second kappa shape index (κ2) is 4.71. The predicted molar refractivity (Wildman–Crippen MR) is 70.9 cm³/mol. The van der Waals surface area contributed by atoms with Crippen molar-refractivity contribution in [3.63, 3.8) is 0 Å². The average molecular weight is 270 g/mol. The summed E-state index contributed by atoms with van der Waals surface area (Å²) >= 11 is 0. The third-order valence-electron chi connectivity index (χ3n) is 2.42. The highest BCUT2D eigenvalue weighted by atomic mass is 32.2. The lowest BCUT2D eigenvalue weighted by Crippen LogP contribution is -2.07. The predicted octanol–water partition coefficient (Wildman–Crippen LogP) is 1.15. The van der Waals surface area contributed by atoms with E-state index in [0.717, 1.165) is 0 Å². The Morgan fingerprint density at radius 1 is 1.44 bits per heavy atom. The second-order valence-corrected chi connectivity index (χ2v) is 5.01. The van der Waals surface area contributed by atoms with Gasteiger partial charge in [-0.1, -0.05) is 18.7 Å². The lowest BCUT2D eigenvalue weighted by Gasteiger charge is -2.13. The maximum absolute atomic E-state index is 11.1. The minimum atomic E-state index is -4.48. The molecule has 6 N–H and O–H groups in total. The monoisotopic (exact) mass is 270 g/mol. The highest BCUT2D eigenvalue weighted by Gasteiger charge is 2.21. The summed E-state index contributed by atoms with van der Waals surface area (Å²) in [7, 11) is -4.48. The molecule has 0 atom stereocenters. The number of hydrogen-bond acceptors (Lipinski definition) is 5. The lowest BCUT2D eigenvalue weighted by atomic mass is 10.0. The van der Waals surface area contributed by atoms with Gasteiger partial charge in [-0.2, -0.15) is 8.42 Å². The zero-order valence-corrected chi connectivity index (χ0v) is 10.5. The fourth-order valence-corrected chi connectivity index (χ4v) is 1.86. The van der Waals surface area contributed by atoms with Crippen molar-refractivity contribution >= 4 is 26.4 Å². The smallest absolute Gasteiger partial charge is 0.294 e. The lowest BCUT2D eigenvalue weighted by molar-refractivity contribution is 0.476. The molecule has 0 unspecified atom stereocenters. The van der Waals surface area contributed by atoms with E-state index in [1.54, 1.807) is 6.92 Å². The quantitative estimate of drug-likeness (QED) is 0.371. The molecule has 0 saturated carbocycles. The van der Waals surface area contributed by atoms with Crippen LogP contribution in [0.25, 0.3) is 10.6 Å². The van der Waals surface area contributed by atoms with E-state index >= 15 is 0 Å². The molecule has 0 amide bonds. The molecule has 0 aliphatic carbocycles. The molecule has 0 spiro atoms. The molecule has 0 aliphatic rings. The summed E-state index contributed by atoms with van der Waals surface area (Å²) in [6.07, 6.45) is 1.47. The van der Waals surface area contributed by atoms with Crippen molar-refractivity contribution in [3.05, 3.63) is 35.9 Å². The van der Waals surface area contributed by atoms with Gasteiger partial charge in [0.2, 0.25) is 0 Å². The van der Waals surface area contributed by atoms with Crippen LogP contribution in [0.4, 0.5) is 5.69 Å². The van der Waals surface area contributed by atoms with E-state index in [2.05, 4.69) is 6.58 Å². The normalized spacial score (nSPS) is 12.4. The van der Waals surface area contributed by atoms with Gasteiger partial charge < -0.3 is 16.6 Å². The maximum atomic E-state index is 11.1. The first kappa shape index (κ1) is 14.1. The Morgan fingerprint density at radius 3 is 2.44 bits per heavy atom. The Labute approximate surface area is 105 Å². The van der Waals surface area contributed by atoms with Gasteiger partial charge in [-0.15, -0.1) is 0 Å². The summed E-state index contributed by atoms with van der Waals surface area (Å²) in [5.74, 6) is -0.354. The number of allylic oxidation sites excluding steroid dienone is 1. The number of aromatic hydroxyl groups is 1. The molecule has 1 aromatic carbocycles. The van der Waals surface area contributed by atoms with Gasteiger partial charge in [0.1, 0.15) is 5.75 Å². The Morgan fingerprint density at radius 2 is 2.00 bits per heavy atom. The number of nitrogen functional groups attached to an aromatic ring is 1. The molecule has 1 aromatic rings. The number of rotatable bonds is 3. The van der Waals surface area contributed by atoms with Gasteiger partial charge in [0.25, 0.3) is 10.1 Å². The molecule has 0 bridgehead atoms. The first-order valence-electron chi connectivity index (χ1n) is 4.90. The van der Waals surface area contributed by atoms with Crippen LogP contribution < -0.4 is 11.5 Å². The van der Waals surface area contributed by atoms with E-state index in [4.69, 9.17) is 16.0 Å². The van der Waals surface area contributed by atoms with Gasteiger partial charge in [-0.25, -0.2) is 0 Å². The van der Waals surface area contributed by atoms with Crippen LogP contribution in [0.5, 0.6) is 5.75 Å². The maximum Gasteiger partial charge on any atom is 0.294 e. The summed E-state index contributed by atoms with van der Waals surface area (Å²) in [4.78, 5) is -0.558. The molecule has 1 rings (SSSR count). The number of phenols is 1. The molecule has 0 aromatic heterocycles. The Hall–Kier alpha value is -1.99. The van der Waals surface area contributed by atoms with Crippen molar-refractivity contribution in [1.82, 2.24) is 0 Å². The van der Waals surface area contributed by atoms with Gasteiger partial charge >= 0.3 is 0 Å². The third kappa shape index (κ3) is 2.47. The molecular formula is C11H14N2O4S. The minimum absolute atomic E-state index is 0.000185. The number of phenolic OH excluding ortho intramolecular Hbond substituents is 1. The molecule has 98 valence electrons. The van der Waals surface area contributed by atoms with Crippen LogP contribution in [0.15, 0.2) is 24.8 Å². The first-order valence-corrected chi connectivity index (χ1v) is 6.34. The van der Waals surface area contributed by atoms with Crippen molar-refractivity contribution in [2.45, 2.75) is 6.92 Å². The van der Waals surface area contributed by atoms with Crippen LogP contribution in [-0.4, -0.2) is 18.1 Å². The van der Waals surface area contributed by atoms with Gasteiger partial charge in [0, 0.05) is 16.8 Å². The fourth-order valence-electron chi connectivity index (χ4n) is 1.42. The van der Waals surface area contributed by atoms with Crippen LogP contribution in [0.2, 0.25) is 0 Å². The van der Waals surface area contributed by atoms with E-state index in [1.807, 2.05) is 0 Å². The molecule has 0 heterocycles. The molecule has 0 fully saturated rings. The van der Waals surface area contributed by atoms with E-state index in [1.165, 1.54) is 18.2 Å². The van der Waals surface area contributed by atoms with Crippen molar-refractivity contribution in [3.8, 4) is 5.75 Å². The van der Waals surface area contributed by atoms with E-state index in [-0.39, 0.29) is 28.3 Å². The molecular weight excluding hydrogens is 256 g/mol. The van der Waals surface area contributed by atoms with Crippen molar-refractivity contribution in [2.24, 2.45) is 5.73 Å². The van der Waals surface area contributed by atoms with Gasteiger partial charge in [0.05, 0.1) is 10.6 Å². The van der Waals surface area contributed by atoms with E-state index in [9.17, 15) is 13.5 Å². The van der Waals surface area contributed by atoms with Gasteiger partial charge in [-0.05, 0) is 13.0 Å². The number of nitrogens with two attached hydrogens (primary N) is 2. The second-order valence-electron chi connectivity index (χ2n) is 3.57. The topological polar surface area (TPSA) is 127 Å². The SMILES string of the molecule is C=C(c1ccc(N)c(O)c1/C(N)=C\C)S(=O)(=O)O. The zero-order chi connectivity index (χ0) is 14.1. The Balaban J connectivity index is 3.67. The summed E-state index contributed by atoms with van der Waals surface area (Å²) in [6.45, 7) is 4.88. The summed E-state index contributed by atoms with van der Waals surface area (Å²) in [6, 6.07) is 2.62. The first-order chi connectivity index (χ1) is 8.20. The highest BCUT2D eigenvalue weighted by Crippen LogP contribution is 2.36. The summed E-state index contributed by atoms with van der Waals surface area (Å²) < 4.78 is 31.1. The van der Waals surface area contributed by atoms with Gasteiger partial charge in [-0.3, -0.25) is 4.55 Å². The molecule has 6 nitrogen and oxygen atoms in total. The number of hydrogen-bond donors (Lipinski definition) is 4. The van der Waals surface area contributed by atoms with E-state index in [0.29, 0.717) is 0 Å². The molecule has 0 radical (unpaired) electrons. The molecule has 18 heavy (non-hydrogen) atoms. The van der Waals surface area contributed by atoms with Crippen LogP contribution in [-0.2, 0) is 10.1 Å². The molecule has 7 heteroatoms. The Bertz CT molecular complexity index is 633. The van der Waals surface area contributed by atoms with Crippen LogP contribution in [0, 0.1) is 0 Å². The fraction of sp³-hybridized carbons (Fsp3) is 0.0909. The van der Waals surface area contributed by atoms with Crippen molar-refractivity contribution in [1.29, 1.82) is 0 Å². The van der Waals surface area contributed by atoms with E-state index < -0.39 is 15.0 Å².